The molecule has 3 rings (SSSR count). The number of piperazine rings is 1. The highest BCUT2D eigenvalue weighted by Gasteiger charge is 2.33. The summed E-state index contributed by atoms with van der Waals surface area (Å²) in [5.41, 5.74) is 1.22. The standard InChI is InChI=1S/C14H20N4O2/c1-9-7-17(14(19)20)8-10(2)18(9)13-15-5-12(6-16-13)11-3-4-11/h5-6,9-11H,3-4,7-8H2,1-2H3,(H,19,20)/t9-,10+. The second kappa shape index (κ2) is 4.92. The van der Waals surface area contributed by atoms with E-state index < -0.39 is 6.09 Å². The van der Waals surface area contributed by atoms with E-state index in [0.717, 1.165) is 0 Å². The van der Waals surface area contributed by atoms with Crippen LogP contribution in [-0.2, 0) is 0 Å². The maximum absolute atomic E-state index is 11.1. The number of hydrogen-bond acceptors (Lipinski definition) is 4. The van der Waals surface area contributed by atoms with Gasteiger partial charge in [-0.25, -0.2) is 14.8 Å². The average Bonchev–Trinajstić information content (AvgIpc) is 3.23. The zero-order valence-corrected chi connectivity index (χ0v) is 11.9. The Labute approximate surface area is 118 Å². The van der Waals surface area contributed by atoms with Gasteiger partial charge >= 0.3 is 6.09 Å². The van der Waals surface area contributed by atoms with Crippen molar-refractivity contribution in [2.75, 3.05) is 18.0 Å². The lowest BCUT2D eigenvalue weighted by Gasteiger charge is -2.43. The Morgan fingerprint density at radius 3 is 2.20 bits per heavy atom. The molecule has 1 N–H and O–H groups in total. The molecule has 2 aliphatic rings. The largest absolute Gasteiger partial charge is 0.465 e. The van der Waals surface area contributed by atoms with Gasteiger partial charge in [0.2, 0.25) is 5.95 Å². The second-order valence-corrected chi connectivity index (χ2v) is 5.88. The molecule has 0 spiro atoms. The van der Waals surface area contributed by atoms with Gasteiger partial charge in [-0.15, -0.1) is 0 Å². The summed E-state index contributed by atoms with van der Waals surface area (Å²) in [5.74, 6) is 1.36. The summed E-state index contributed by atoms with van der Waals surface area (Å²) >= 11 is 0. The molecule has 1 amide bonds. The number of aromatic nitrogens is 2. The lowest BCUT2D eigenvalue weighted by atomic mass is 10.1. The molecule has 20 heavy (non-hydrogen) atoms. The molecule has 2 fully saturated rings. The first-order chi connectivity index (χ1) is 9.56. The molecule has 6 heteroatoms. The number of amides is 1. The highest BCUT2D eigenvalue weighted by Crippen LogP contribution is 2.39. The van der Waals surface area contributed by atoms with Crippen molar-refractivity contribution in [1.82, 2.24) is 14.9 Å². The van der Waals surface area contributed by atoms with E-state index in [0.29, 0.717) is 25.0 Å². The van der Waals surface area contributed by atoms with Gasteiger partial charge in [0.1, 0.15) is 0 Å². The Morgan fingerprint density at radius 2 is 1.75 bits per heavy atom. The second-order valence-electron chi connectivity index (χ2n) is 5.88. The Balaban J connectivity index is 1.76. The monoisotopic (exact) mass is 276 g/mol. The van der Waals surface area contributed by atoms with Crippen LogP contribution in [0.3, 0.4) is 0 Å². The van der Waals surface area contributed by atoms with Crippen molar-refractivity contribution in [3.63, 3.8) is 0 Å². The van der Waals surface area contributed by atoms with Crippen molar-refractivity contribution in [2.45, 2.75) is 44.7 Å². The Bertz CT molecular complexity index is 488. The fourth-order valence-electron chi connectivity index (χ4n) is 2.97. The van der Waals surface area contributed by atoms with Gasteiger partial charge in [-0.3, -0.25) is 0 Å². The average molecular weight is 276 g/mol. The molecule has 0 aromatic carbocycles. The first kappa shape index (κ1) is 13.1. The van der Waals surface area contributed by atoms with Crippen LogP contribution in [-0.4, -0.2) is 51.2 Å². The van der Waals surface area contributed by atoms with Crippen molar-refractivity contribution >= 4 is 12.0 Å². The maximum atomic E-state index is 11.1. The van der Waals surface area contributed by atoms with Crippen LogP contribution in [0.25, 0.3) is 0 Å². The van der Waals surface area contributed by atoms with Crippen molar-refractivity contribution < 1.29 is 9.90 Å². The molecule has 1 aliphatic heterocycles. The van der Waals surface area contributed by atoms with Gasteiger partial charge in [0.15, 0.2) is 0 Å². The predicted molar refractivity (Wildman–Crippen MR) is 75.0 cm³/mol. The Morgan fingerprint density at radius 1 is 1.20 bits per heavy atom. The Hall–Kier alpha value is -1.85. The molecule has 0 bridgehead atoms. The topological polar surface area (TPSA) is 69.6 Å². The van der Waals surface area contributed by atoms with Crippen LogP contribution in [0.4, 0.5) is 10.7 Å². The van der Waals surface area contributed by atoms with Gasteiger partial charge in [0.05, 0.1) is 0 Å². The minimum atomic E-state index is -0.853. The third-order valence-corrected chi connectivity index (χ3v) is 4.13. The van der Waals surface area contributed by atoms with Crippen LogP contribution in [0, 0.1) is 0 Å². The molecule has 108 valence electrons. The van der Waals surface area contributed by atoms with Gasteiger partial charge in [0, 0.05) is 37.6 Å². The van der Waals surface area contributed by atoms with Crippen LogP contribution < -0.4 is 4.90 Å². The van der Waals surface area contributed by atoms with Crippen molar-refractivity contribution in [3.8, 4) is 0 Å². The molecule has 2 atom stereocenters. The fraction of sp³-hybridized carbons (Fsp3) is 0.643. The van der Waals surface area contributed by atoms with Gasteiger partial charge < -0.3 is 14.9 Å². The molecule has 2 heterocycles. The summed E-state index contributed by atoms with van der Waals surface area (Å²) in [5, 5.41) is 9.11. The van der Waals surface area contributed by atoms with Gasteiger partial charge in [-0.05, 0) is 38.2 Å². The van der Waals surface area contributed by atoms with E-state index in [4.69, 9.17) is 5.11 Å². The molecular formula is C14H20N4O2. The highest BCUT2D eigenvalue weighted by atomic mass is 16.4. The number of rotatable bonds is 2. The third kappa shape index (κ3) is 2.42. The van der Waals surface area contributed by atoms with E-state index in [1.54, 1.807) is 0 Å². The lowest BCUT2D eigenvalue weighted by molar-refractivity contribution is 0.128. The molecular weight excluding hydrogens is 256 g/mol. The van der Waals surface area contributed by atoms with Crippen molar-refractivity contribution in [1.29, 1.82) is 0 Å². The minimum absolute atomic E-state index is 0.0848. The molecule has 1 aromatic rings. The first-order valence-electron chi connectivity index (χ1n) is 7.14. The summed E-state index contributed by atoms with van der Waals surface area (Å²) in [6.07, 6.45) is 5.47. The molecule has 1 aromatic heterocycles. The quantitative estimate of drug-likeness (QED) is 0.893. The van der Waals surface area contributed by atoms with Gasteiger partial charge in [-0.2, -0.15) is 0 Å². The molecule has 0 unspecified atom stereocenters. The number of carbonyl (C=O) groups is 1. The van der Waals surface area contributed by atoms with E-state index in [9.17, 15) is 4.79 Å². The van der Waals surface area contributed by atoms with Crippen LogP contribution in [0.5, 0.6) is 0 Å². The van der Waals surface area contributed by atoms with Crippen LogP contribution in [0.2, 0.25) is 0 Å². The predicted octanol–water partition coefficient (Wildman–Crippen LogP) is 1.93. The van der Waals surface area contributed by atoms with Gasteiger partial charge in [-0.1, -0.05) is 0 Å². The summed E-state index contributed by atoms with van der Waals surface area (Å²) in [7, 11) is 0. The van der Waals surface area contributed by atoms with Crippen molar-refractivity contribution in [3.05, 3.63) is 18.0 Å². The number of anilines is 1. The molecule has 1 saturated carbocycles. The number of nitrogens with zero attached hydrogens (tertiary/aromatic N) is 4. The summed E-state index contributed by atoms with van der Waals surface area (Å²) in [4.78, 5) is 23.6. The highest BCUT2D eigenvalue weighted by molar-refractivity contribution is 5.65. The van der Waals surface area contributed by atoms with E-state index in [1.165, 1.54) is 23.3 Å². The maximum Gasteiger partial charge on any atom is 0.407 e. The smallest absolute Gasteiger partial charge is 0.407 e. The van der Waals surface area contributed by atoms with Crippen LogP contribution >= 0.6 is 0 Å². The number of hydrogen-bond donors (Lipinski definition) is 1. The summed E-state index contributed by atoms with van der Waals surface area (Å²) in [6.45, 7) is 5.02. The van der Waals surface area contributed by atoms with E-state index >= 15 is 0 Å². The van der Waals surface area contributed by atoms with Gasteiger partial charge in [0.25, 0.3) is 0 Å². The lowest BCUT2D eigenvalue weighted by Crippen LogP contribution is -2.58. The zero-order chi connectivity index (χ0) is 14.3. The summed E-state index contributed by atoms with van der Waals surface area (Å²) < 4.78 is 0. The molecule has 1 saturated heterocycles. The van der Waals surface area contributed by atoms with Crippen molar-refractivity contribution in [2.24, 2.45) is 0 Å². The molecule has 0 radical (unpaired) electrons. The SMILES string of the molecule is C[C@@H]1CN(C(=O)O)C[C@H](C)N1c1ncc(C2CC2)cn1. The molecule has 1 aliphatic carbocycles. The van der Waals surface area contributed by atoms with E-state index in [1.807, 2.05) is 26.2 Å². The third-order valence-electron chi connectivity index (χ3n) is 4.13. The van der Waals surface area contributed by atoms with E-state index in [2.05, 4.69) is 14.9 Å². The minimum Gasteiger partial charge on any atom is -0.465 e. The molecule has 6 nitrogen and oxygen atoms in total. The van der Waals surface area contributed by atoms with E-state index in [-0.39, 0.29) is 12.1 Å². The Kier molecular flexibility index (Phi) is 3.23. The van der Waals surface area contributed by atoms with Crippen LogP contribution in [0.15, 0.2) is 12.4 Å². The van der Waals surface area contributed by atoms with Crippen LogP contribution in [0.1, 0.15) is 38.2 Å². The fourth-order valence-corrected chi connectivity index (χ4v) is 2.97. The number of carboxylic acid groups (broad SMARTS) is 1. The summed E-state index contributed by atoms with van der Waals surface area (Å²) in [6, 6.07) is 0.170. The zero-order valence-electron chi connectivity index (χ0n) is 11.9. The first-order valence-corrected chi connectivity index (χ1v) is 7.14. The normalized spacial score (nSPS) is 26.7.